The number of nitrogens with zero attached hydrogens (tertiary/aromatic N) is 3. The van der Waals surface area contributed by atoms with Crippen LogP contribution < -0.4 is 10.6 Å². The Morgan fingerprint density at radius 3 is 2.88 bits per heavy atom. The van der Waals surface area contributed by atoms with Gasteiger partial charge in [0.15, 0.2) is 5.96 Å². The Hall–Kier alpha value is -1.63. The molecule has 0 saturated carbocycles. The minimum Gasteiger partial charge on any atom is -0.356 e. The number of carbonyl (C=O) groups excluding carboxylic acids is 1. The van der Waals surface area contributed by atoms with Crippen LogP contribution in [0, 0.1) is 6.92 Å². The average Bonchev–Trinajstić information content (AvgIpc) is 2.99. The Bertz CT molecular complexity index is 557. The van der Waals surface area contributed by atoms with E-state index in [0.717, 1.165) is 49.0 Å². The number of aryl methyl sites for hydroxylation is 1. The number of guanidine groups is 1. The summed E-state index contributed by atoms with van der Waals surface area (Å²) in [7, 11) is 1.75. The highest BCUT2D eigenvalue weighted by atomic mass is 32.1. The molecule has 1 aliphatic rings. The molecule has 1 unspecified atom stereocenters. The molecule has 1 atom stereocenters. The number of likely N-dealkylation sites (tertiary alicyclic amines) is 1. The van der Waals surface area contributed by atoms with E-state index in [2.05, 4.69) is 32.9 Å². The van der Waals surface area contributed by atoms with E-state index in [0.29, 0.717) is 19.0 Å². The van der Waals surface area contributed by atoms with Crippen molar-refractivity contribution in [3.05, 3.63) is 16.1 Å². The van der Waals surface area contributed by atoms with Crippen molar-refractivity contribution in [3.63, 3.8) is 0 Å². The molecule has 134 valence electrons. The van der Waals surface area contributed by atoms with Crippen LogP contribution in [-0.4, -0.2) is 54.5 Å². The highest BCUT2D eigenvalue weighted by molar-refractivity contribution is 7.09. The summed E-state index contributed by atoms with van der Waals surface area (Å²) >= 11 is 1.67. The van der Waals surface area contributed by atoms with Crippen molar-refractivity contribution in [2.24, 2.45) is 4.99 Å². The zero-order chi connectivity index (χ0) is 17.4. The molecule has 0 aliphatic carbocycles. The van der Waals surface area contributed by atoms with Gasteiger partial charge in [0.05, 0.1) is 10.7 Å². The summed E-state index contributed by atoms with van der Waals surface area (Å²) in [6, 6.07) is 0.380. The van der Waals surface area contributed by atoms with Crippen LogP contribution >= 0.6 is 11.3 Å². The van der Waals surface area contributed by atoms with E-state index in [-0.39, 0.29) is 5.91 Å². The SMILES string of the molecule is CN=C(NCCC(=O)N1CCCCC1C)NCCc1csc(C)n1. The largest absolute Gasteiger partial charge is 0.356 e. The fourth-order valence-electron chi connectivity index (χ4n) is 2.95. The predicted molar refractivity (Wildman–Crippen MR) is 99.6 cm³/mol. The first kappa shape index (κ1) is 18.7. The van der Waals surface area contributed by atoms with E-state index in [1.54, 1.807) is 18.4 Å². The quantitative estimate of drug-likeness (QED) is 0.607. The van der Waals surface area contributed by atoms with Gasteiger partial charge in [0, 0.05) is 50.9 Å². The first-order chi connectivity index (χ1) is 11.6. The number of hydrogen-bond donors (Lipinski definition) is 2. The topological polar surface area (TPSA) is 69.6 Å². The van der Waals surface area contributed by atoms with E-state index in [4.69, 9.17) is 0 Å². The van der Waals surface area contributed by atoms with Gasteiger partial charge >= 0.3 is 0 Å². The predicted octanol–water partition coefficient (Wildman–Crippen LogP) is 1.95. The average molecular weight is 352 g/mol. The molecule has 1 fully saturated rings. The fourth-order valence-corrected chi connectivity index (χ4v) is 3.60. The number of nitrogens with one attached hydrogen (secondary N) is 2. The van der Waals surface area contributed by atoms with Crippen molar-refractivity contribution in [1.82, 2.24) is 20.5 Å². The molecule has 1 saturated heterocycles. The molecule has 0 bridgehead atoms. The second kappa shape index (κ2) is 9.61. The third-order valence-electron chi connectivity index (χ3n) is 4.32. The number of rotatable bonds is 6. The van der Waals surface area contributed by atoms with E-state index in [1.165, 1.54) is 6.42 Å². The maximum Gasteiger partial charge on any atom is 0.224 e. The van der Waals surface area contributed by atoms with Gasteiger partial charge in [0.25, 0.3) is 0 Å². The van der Waals surface area contributed by atoms with Gasteiger partial charge in [-0.3, -0.25) is 9.79 Å². The van der Waals surface area contributed by atoms with E-state index in [1.807, 2.05) is 11.8 Å². The zero-order valence-corrected chi connectivity index (χ0v) is 15.8. The van der Waals surface area contributed by atoms with Gasteiger partial charge in [-0.15, -0.1) is 11.3 Å². The smallest absolute Gasteiger partial charge is 0.224 e. The summed E-state index contributed by atoms with van der Waals surface area (Å²) in [5.41, 5.74) is 1.11. The molecule has 2 rings (SSSR count). The van der Waals surface area contributed by atoms with Crippen LogP contribution in [0.2, 0.25) is 0 Å². The number of aromatic nitrogens is 1. The maximum atomic E-state index is 12.3. The molecule has 7 heteroatoms. The molecule has 0 spiro atoms. The summed E-state index contributed by atoms with van der Waals surface area (Å²) in [5, 5.41) is 9.67. The molecule has 0 aromatic carbocycles. The molecule has 2 heterocycles. The molecule has 0 radical (unpaired) electrons. The minimum absolute atomic E-state index is 0.239. The Morgan fingerprint density at radius 1 is 1.42 bits per heavy atom. The van der Waals surface area contributed by atoms with Crippen molar-refractivity contribution < 1.29 is 4.79 Å². The van der Waals surface area contributed by atoms with E-state index in [9.17, 15) is 4.79 Å². The van der Waals surface area contributed by atoms with Crippen LogP contribution in [0.15, 0.2) is 10.4 Å². The van der Waals surface area contributed by atoms with Crippen LogP contribution in [0.3, 0.4) is 0 Å². The second-order valence-electron chi connectivity index (χ2n) is 6.22. The van der Waals surface area contributed by atoms with E-state index >= 15 is 0 Å². The van der Waals surface area contributed by atoms with Gasteiger partial charge in [-0.2, -0.15) is 0 Å². The van der Waals surface area contributed by atoms with Gasteiger partial charge in [0.2, 0.25) is 5.91 Å². The molecule has 1 aromatic heterocycles. The monoisotopic (exact) mass is 351 g/mol. The van der Waals surface area contributed by atoms with Crippen molar-refractivity contribution in [1.29, 1.82) is 0 Å². The summed E-state index contributed by atoms with van der Waals surface area (Å²) < 4.78 is 0. The highest BCUT2D eigenvalue weighted by Gasteiger charge is 2.22. The van der Waals surface area contributed by atoms with Gasteiger partial charge < -0.3 is 15.5 Å². The number of amides is 1. The zero-order valence-electron chi connectivity index (χ0n) is 15.0. The number of carbonyl (C=O) groups is 1. The van der Waals surface area contributed by atoms with Crippen molar-refractivity contribution in [2.45, 2.75) is 52.0 Å². The fraction of sp³-hybridized carbons (Fsp3) is 0.706. The lowest BCUT2D eigenvalue weighted by molar-refractivity contribution is -0.134. The molecule has 1 aromatic rings. The lowest BCUT2D eigenvalue weighted by Gasteiger charge is -2.33. The Morgan fingerprint density at radius 2 is 2.21 bits per heavy atom. The molecular weight excluding hydrogens is 322 g/mol. The molecule has 24 heavy (non-hydrogen) atoms. The molecule has 1 amide bonds. The van der Waals surface area contributed by atoms with Gasteiger partial charge in [-0.05, 0) is 33.1 Å². The molecule has 6 nitrogen and oxygen atoms in total. The minimum atomic E-state index is 0.239. The maximum absolute atomic E-state index is 12.3. The normalized spacial score (nSPS) is 18.5. The van der Waals surface area contributed by atoms with Crippen molar-refractivity contribution in [3.8, 4) is 0 Å². The third kappa shape index (κ3) is 5.78. The van der Waals surface area contributed by atoms with Crippen LogP contribution in [0.25, 0.3) is 0 Å². The number of hydrogen-bond acceptors (Lipinski definition) is 4. The first-order valence-corrected chi connectivity index (χ1v) is 9.63. The Kier molecular flexibility index (Phi) is 7.49. The summed E-state index contributed by atoms with van der Waals surface area (Å²) in [4.78, 5) is 23.0. The van der Waals surface area contributed by atoms with Crippen molar-refractivity contribution >= 4 is 23.2 Å². The van der Waals surface area contributed by atoms with E-state index < -0.39 is 0 Å². The van der Waals surface area contributed by atoms with Crippen LogP contribution in [-0.2, 0) is 11.2 Å². The molecule has 2 N–H and O–H groups in total. The number of aliphatic imine (C=N–C) groups is 1. The lowest BCUT2D eigenvalue weighted by Crippen LogP contribution is -2.44. The standard InChI is InChI=1S/C17H29N5OS/c1-13-6-4-5-11-22(13)16(23)8-10-20-17(18-3)19-9-7-15-12-24-14(2)21-15/h12-13H,4-11H2,1-3H3,(H2,18,19,20). The first-order valence-electron chi connectivity index (χ1n) is 8.75. The summed E-state index contributed by atoms with van der Waals surface area (Å²) in [6.07, 6.45) is 4.87. The van der Waals surface area contributed by atoms with Gasteiger partial charge in [-0.25, -0.2) is 4.98 Å². The Balaban J connectivity index is 1.65. The Labute approximate surface area is 148 Å². The summed E-state index contributed by atoms with van der Waals surface area (Å²) in [5.74, 6) is 0.976. The van der Waals surface area contributed by atoms with Gasteiger partial charge in [-0.1, -0.05) is 0 Å². The lowest BCUT2D eigenvalue weighted by atomic mass is 10.0. The van der Waals surface area contributed by atoms with Gasteiger partial charge in [0.1, 0.15) is 0 Å². The molecule has 1 aliphatic heterocycles. The third-order valence-corrected chi connectivity index (χ3v) is 5.14. The van der Waals surface area contributed by atoms with Crippen LogP contribution in [0.4, 0.5) is 0 Å². The summed E-state index contributed by atoms with van der Waals surface area (Å²) in [6.45, 7) is 6.45. The van der Waals surface area contributed by atoms with Crippen molar-refractivity contribution in [2.75, 3.05) is 26.7 Å². The van der Waals surface area contributed by atoms with Crippen LogP contribution in [0.1, 0.15) is 43.3 Å². The number of thiazole rings is 1. The second-order valence-corrected chi connectivity index (χ2v) is 7.28. The number of piperidine rings is 1. The highest BCUT2D eigenvalue weighted by Crippen LogP contribution is 2.16. The van der Waals surface area contributed by atoms with Crippen LogP contribution in [0.5, 0.6) is 0 Å². The molecular formula is C17H29N5OS.